The van der Waals surface area contributed by atoms with Gasteiger partial charge >= 0.3 is 0 Å². The summed E-state index contributed by atoms with van der Waals surface area (Å²) in [6, 6.07) is 7.92. The van der Waals surface area contributed by atoms with E-state index in [0.29, 0.717) is 19.6 Å². The molecule has 0 saturated carbocycles. The Morgan fingerprint density at radius 1 is 1.48 bits per heavy atom. The van der Waals surface area contributed by atoms with E-state index in [1.54, 1.807) is 16.2 Å². The first-order chi connectivity index (χ1) is 11.0. The van der Waals surface area contributed by atoms with Gasteiger partial charge in [0.25, 0.3) is 11.8 Å². The number of carbonyl (C=O) groups is 2. The summed E-state index contributed by atoms with van der Waals surface area (Å²) >= 11 is 1.62. The quantitative estimate of drug-likeness (QED) is 0.816. The lowest BCUT2D eigenvalue weighted by Gasteiger charge is -2.27. The van der Waals surface area contributed by atoms with Gasteiger partial charge in [0.15, 0.2) is 13.1 Å². The number of nitrogens with one attached hydrogen (secondary N) is 2. The number of amides is 2. The molecule has 1 aromatic heterocycles. The van der Waals surface area contributed by atoms with Gasteiger partial charge in [-0.1, -0.05) is 12.1 Å². The number of hydrogen-bond acceptors (Lipinski definition) is 4. The van der Waals surface area contributed by atoms with Gasteiger partial charge in [-0.15, -0.1) is 11.3 Å². The number of nitrogens with zero attached hydrogens (tertiary/aromatic N) is 2. The van der Waals surface area contributed by atoms with Crippen molar-refractivity contribution in [2.75, 3.05) is 33.2 Å². The Morgan fingerprint density at radius 2 is 2.26 bits per heavy atom. The fourth-order valence-corrected chi connectivity index (χ4v) is 3.76. The molecule has 2 heterocycles. The minimum atomic E-state index is -0.0714. The second-order valence-corrected chi connectivity index (χ2v) is 6.97. The maximum absolute atomic E-state index is 12.5. The number of benzene rings is 1. The third-order valence-electron chi connectivity index (χ3n) is 4.25. The van der Waals surface area contributed by atoms with Gasteiger partial charge in [-0.2, -0.15) is 0 Å². The van der Waals surface area contributed by atoms with Crippen LogP contribution in [0.25, 0.3) is 10.2 Å². The second kappa shape index (κ2) is 6.64. The van der Waals surface area contributed by atoms with Gasteiger partial charge in [-0.05, 0) is 19.1 Å². The van der Waals surface area contributed by atoms with Crippen LogP contribution in [0.5, 0.6) is 0 Å². The Kier molecular flexibility index (Phi) is 4.58. The fourth-order valence-electron chi connectivity index (χ4n) is 2.70. The topological polar surface area (TPSA) is 66.7 Å². The van der Waals surface area contributed by atoms with Gasteiger partial charge in [-0.3, -0.25) is 9.59 Å². The minimum absolute atomic E-state index is 0.0147. The van der Waals surface area contributed by atoms with Crippen molar-refractivity contribution >= 4 is 33.4 Å². The van der Waals surface area contributed by atoms with Crippen molar-refractivity contribution < 1.29 is 14.5 Å². The number of likely N-dealkylation sites (N-methyl/N-ethyl adjacent to an activating group) is 1. The first-order valence-corrected chi connectivity index (χ1v) is 8.57. The molecule has 2 amide bonds. The van der Waals surface area contributed by atoms with E-state index in [2.05, 4.69) is 10.3 Å². The van der Waals surface area contributed by atoms with Gasteiger partial charge in [0, 0.05) is 7.05 Å². The molecule has 1 saturated heterocycles. The van der Waals surface area contributed by atoms with Crippen LogP contribution < -0.4 is 10.2 Å². The molecular formula is C16H21N4O2S+. The molecule has 2 aromatic rings. The number of thiazole rings is 1. The molecule has 1 unspecified atom stereocenters. The molecule has 0 aliphatic carbocycles. The van der Waals surface area contributed by atoms with Crippen LogP contribution in [0.1, 0.15) is 18.0 Å². The summed E-state index contributed by atoms with van der Waals surface area (Å²) < 4.78 is 1.13. The second-order valence-electron chi connectivity index (χ2n) is 5.90. The molecule has 0 spiro atoms. The van der Waals surface area contributed by atoms with Gasteiger partial charge in [0.2, 0.25) is 0 Å². The average Bonchev–Trinajstić information content (AvgIpc) is 2.97. The molecule has 2 atom stereocenters. The van der Waals surface area contributed by atoms with Gasteiger partial charge in [-0.25, -0.2) is 4.98 Å². The van der Waals surface area contributed by atoms with Crippen molar-refractivity contribution in [2.45, 2.75) is 13.0 Å². The normalized spacial score (nSPS) is 19.4. The van der Waals surface area contributed by atoms with Crippen LogP contribution in [0.3, 0.4) is 0 Å². The number of rotatable bonds is 4. The third-order valence-corrected chi connectivity index (χ3v) is 5.46. The number of para-hydroxylation sites is 1. The summed E-state index contributed by atoms with van der Waals surface area (Å²) in [5.74, 6) is 0.0578. The highest BCUT2D eigenvalue weighted by Crippen LogP contribution is 2.28. The van der Waals surface area contributed by atoms with Gasteiger partial charge < -0.3 is 15.1 Å². The monoisotopic (exact) mass is 333 g/mol. The van der Waals surface area contributed by atoms with Crippen LogP contribution in [0.15, 0.2) is 24.3 Å². The highest BCUT2D eigenvalue weighted by molar-refractivity contribution is 7.18. The highest BCUT2D eigenvalue weighted by atomic mass is 32.1. The predicted molar refractivity (Wildman–Crippen MR) is 89.4 cm³/mol. The summed E-state index contributed by atoms with van der Waals surface area (Å²) in [4.78, 5) is 31.3. The van der Waals surface area contributed by atoms with Crippen molar-refractivity contribution in [1.29, 1.82) is 0 Å². The molecule has 1 aromatic carbocycles. The van der Waals surface area contributed by atoms with E-state index in [0.717, 1.165) is 26.7 Å². The molecule has 2 N–H and O–H groups in total. The fraction of sp³-hybridized carbons (Fsp3) is 0.438. The number of carbonyl (C=O) groups excluding carboxylic acids is 2. The molecule has 122 valence electrons. The molecule has 0 radical (unpaired) electrons. The molecule has 3 rings (SSSR count). The minimum Gasteiger partial charge on any atom is -0.346 e. The van der Waals surface area contributed by atoms with Crippen LogP contribution in [0.2, 0.25) is 0 Å². The zero-order valence-electron chi connectivity index (χ0n) is 13.3. The average molecular weight is 333 g/mol. The standard InChI is InChI=1S/C16H20N4O2S/c1-11(16-18-12-5-3-4-6-13(12)23-16)19(2)15(22)10-20-8-7-17-14(21)9-20/h3-6,11H,7-10H2,1-2H3,(H,17,21)/p+1/t11-/m1/s1. The molecule has 7 heteroatoms. The Bertz CT molecular complexity index is 697. The maximum atomic E-state index is 12.5. The van der Waals surface area contributed by atoms with Crippen molar-refractivity contribution in [3.05, 3.63) is 29.3 Å². The van der Waals surface area contributed by atoms with Crippen LogP contribution >= 0.6 is 11.3 Å². The number of piperazine rings is 1. The predicted octanol–water partition coefficient (Wildman–Crippen LogP) is -0.170. The van der Waals surface area contributed by atoms with Crippen LogP contribution in [0, 0.1) is 0 Å². The summed E-state index contributed by atoms with van der Waals surface area (Å²) in [6.07, 6.45) is 0. The largest absolute Gasteiger partial charge is 0.346 e. The van der Waals surface area contributed by atoms with E-state index >= 15 is 0 Å². The van der Waals surface area contributed by atoms with Gasteiger partial charge in [0.1, 0.15) is 5.01 Å². The van der Waals surface area contributed by atoms with Gasteiger partial charge in [0.05, 0.1) is 29.3 Å². The first kappa shape index (κ1) is 15.9. The summed E-state index contributed by atoms with van der Waals surface area (Å²) in [7, 11) is 1.81. The lowest BCUT2D eigenvalue weighted by molar-refractivity contribution is -0.885. The van der Waals surface area contributed by atoms with Crippen LogP contribution in [-0.4, -0.2) is 54.9 Å². The lowest BCUT2D eigenvalue weighted by Crippen LogP contribution is -3.16. The van der Waals surface area contributed by atoms with Crippen molar-refractivity contribution in [2.24, 2.45) is 0 Å². The Morgan fingerprint density at radius 3 is 3.00 bits per heavy atom. The summed E-state index contributed by atoms with van der Waals surface area (Å²) in [6.45, 7) is 4.14. The molecule has 1 aliphatic heterocycles. The Balaban J connectivity index is 1.67. The zero-order valence-corrected chi connectivity index (χ0v) is 14.2. The molecule has 23 heavy (non-hydrogen) atoms. The van der Waals surface area contributed by atoms with Crippen molar-refractivity contribution in [3.8, 4) is 0 Å². The lowest BCUT2D eigenvalue weighted by atomic mass is 10.3. The van der Waals surface area contributed by atoms with E-state index in [1.165, 1.54) is 0 Å². The third kappa shape index (κ3) is 3.51. The van der Waals surface area contributed by atoms with E-state index < -0.39 is 0 Å². The van der Waals surface area contributed by atoms with Crippen molar-refractivity contribution in [1.82, 2.24) is 15.2 Å². The van der Waals surface area contributed by atoms with Crippen molar-refractivity contribution in [3.63, 3.8) is 0 Å². The van der Waals surface area contributed by atoms with Crippen LogP contribution in [-0.2, 0) is 9.59 Å². The van der Waals surface area contributed by atoms with E-state index in [9.17, 15) is 9.59 Å². The molecule has 1 aliphatic rings. The SMILES string of the molecule is C[C@H](c1nc2ccccc2s1)N(C)C(=O)C[NH+]1CCNC(=O)C1. The smallest absolute Gasteiger partial charge is 0.278 e. The number of fused-ring (bicyclic) bond motifs is 1. The number of hydrogen-bond donors (Lipinski definition) is 2. The summed E-state index contributed by atoms with van der Waals surface area (Å²) in [5.41, 5.74) is 0.971. The first-order valence-electron chi connectivity index (χ1n) is 7.76. The van der Waals surface area contributed by atoms with E-state index in [-0.39, 0.29) is 17.9 Å². The van der Waals surface area contributed by atoms with Crippen LogP contribution in [0.4, 0.5) is 0 Å². The number of aromatic nitrogens is 1. The number of quaternary nitrogens is 1. The highest BCUT2D eigenvalue weighted by Gasteiger charge is 2.27. The zero-order chi connectivity index (χ0) is 16.4. The molecule has 6 nitrogen and oxygen atoms in total. The Labute approximate surface area is 139 Å². The van der Waals surface area contributed by atoms with E-state index in [1.807, 2.05) is 38.2 Å². The summed E-state index contributed by atoms with van der Waals surface area (Å²) in [5, 5.41) is 3.72. The molecular weight excluding hydrogens is 312 g/mol. The molecule has 1 fully saturated rings. The molecule has 0 bridgehead atoms. The Hall–Kier alpha value is -1.99. The van der Waals surface area contributed by atoms with E-state index in [4.69, 9.17) is 0 Å². The maximum Gasteiger partial charge on any atom is 0.278 e.